The van der Waals surface area contributed by atoms with Gasteiger partial charge in [0.05, 0.1) is 4.90 Å². The molecule has 0 saturated heterocycles. The highest BCUT2D eigenvalue weighted by Gasteiger charge is 2.34. The number of hydrogen-bond donors (Lipinski definition) is 1. The zero-order chi connectivity index (χ0) is 14.8. The molecule has 0 aliphatic heterocycles. The van der Waals surface area contributed by atoms with Crippen molar-refractivity contribution in [3.63, 3.8) is 0 Å². The van der Waals surface area contributed by atoms with Gasteiger partial charge in [0, 0.05) is 18.6 Å². The summed E-state index contributed by atoms with van der Waals surface area (Å²) in [5.74, 6) is 0. The Bertz CT molecular complexity index is 560. The third-order valence-electron chi connectivity index (χ3n) is 2.35. The number of alkyl halides is 3. The summed E-state index contributed by atoms with van der Waals surface area (Å²) in [4.78, 5) is -0.304. The van der Waals surface area contributed by atoms with Gasteiger partial charge >= 0.3 is 6.18 Å². The lowest BCUT2D eigenvalue weighted by atomic mass is 10.2. The van der Waals surface area contributed by atoms with E-state index in [0.717, 1.165) is 13.1 Å². The van der Waals surface area contributed by atoms with Gasteiger partial charge in [0.25, 0.3) is 0 Å². The average molecular weight is 317 g/mol. The molecule has 108 valence electrons. The van der Waals surface area contributed by atoms with Gasteiger partial charge in [-0.3, -0.25) is 0 Å². The van der Waals surface area contributed by atoms with E-state index in [2.05, 4.69) is 0 Å². The molecule has 1 aromatic rings. The van der Waals surface area contributed by atoms with Gasteiger partial charge in [-0.05, 0) is 17.7 Å². The molecule has 0 bridgehead atoms. The lowest BCUT2D eigenvalue weighted by molar-refractivity contribution is -0.134. The van der Waals surface area contributed by atoms with Crippen LogP contribution in [0.25, 0.3) is 0 Å². The molecular weight excluding hydrogens is 305 g/mol. The molecule has 0 amide bonds. The normalized spacial score (nSPS) is 13.0. The van der Waals surface area contributed by atoms with Crippen molar-refractivity contribution < 1.29 is 21.6 Å². The molecule has 2 N–H and O–H groups in total. The molecule has 19 heavy (non-hydrogen) atoms. The van der Waals surface area contributed by atoms with Crippen LogP contribution in [-0.2, 0) is 16.6 Å². The first-order valence-corrected chi connectivity index (χ1v) is 6.91. The van der Waals surface area contributed by atoms with Crippen molar-refractivity contribution in [3.05, 3.63) is 28.8 Å². The van der Waals surface area contributed by atoms with Crippen LogP contribution in [0.3, 0.4) is 0 Å². The highest BCUT2D eigenvalue weighted by atomic mass is 35.5. The van der Waals surface area contributed by atoms with Crippen molar-refractivity contribution in [1.29, 1.82) is 0 Å². The van der Waals surface area contributed by atoms with E-state index < -0.39 is 22.7 Å². The third-order valence-corrected chi connectivity index (χ3v) is 4.51. The molecule has 0 fully saturated rings. The summed E-state index contributed by atoms with van der Waals surface area (Å²) >= 11 is 5.79. The van der Waals surface area contributed by atoms with Gasteiger partial charge in [-0.1, -0.05) is 17.7 Å². The summed E-state index contributed by atoms with van der Waals surface area (Å²) < 4.78 is 60.6. The molecule has 0 spiro atoms. The van der Waals surface area contributed by atoms with Crippen molar-refractivity contribution in [3.8, 4) is 0 Å². The number of nitrogens with zero attached hydrogens (tertiary/aromatic N) is 1. The van der Waals surface area contributed by atoms with Crippen LogP contribution >= 0.6 is 11.6 Å². The Kier molecular flexibility index (Phi) is 4.83. The molecule has 0 saturated carbocycles. The molecule has 0 radical (unpaired) electrons. The maximum atomic E-state index is 12.2. The predicted octanol–water partition coefficient (Wildman–Crippen LogP) is 1.98. The maximum Gasteiger partial charge on any atom is 0.402 e. The fourth-order valence-electron chi connectivity index (χ4n) is 1.37. The summed E-state index contributed by atoms with van der Waals surface area (Å²) in [7, 11) is -3.38. The van der Waals surface area contributed by atoms with E-state index in [9.17, 15) is 21.6 Å². The van der Waals surface area contributed by atoms with Gasteiger partial charge in [-0.25, -0.2) is 8.42 Å². The van der Waals surface area contributed by atoms with Crippen molar-refractivity contribution in [1.82, 2.24) is 4.31 Å². The molecule has 1 rings (SSSR count). The van der Waals surface area contributed by atoms with Crippen molar-refractivity contribution in [2.75, 3.05) is 13.6 Å². The van der Waals surface area contributed by atoms with Crippen LogP contribution in [0.4, 0.5) is 13.2 Å². The van der Waals surface area contributed by atoms with Crippen molar-refractivity contribution in [2.24, 2.45) is 5.73 Å². The van der Waals surface area contributed by atoms with Crippen LogP contribution in [0.15, 0.2) is 23.1 Å². The van der Waals surface area contributed by atoms with E-state index in [0.29, 0.717) is 5.56 Å². The summed E-state index contributed by atoms with van der Waals surface area (Å²) in [6.45, 7) is -1.46. The number of hydrogen-bond acceptors (Lipinski definition) is 3. The van der Waals surface area contributed by atoms with E-state index in [4.69, 9.17) is 17.3 Å². The Balaban J connectivity index is 3.10. The van der Waals surface area contributed by atoms with E-state index in [-0.39, 0.29) is 20.8 Å². The lowest BCUT2D eigenvalue weighted by Gasteiger charge is -2.19. The summed E-state index contributed by atoms with van der Waals surface area (Å²) in [6.07, 6.45) is -4.61. The average Bonchev–Trinajstić information content (AvgIpc) is 2.26. The first-order valence-electron chi connectivity index (χ1n) is 5.09. The summed E-state index contributed by atoms with van der Waals surface area (Å²) in [6, 6.07) is 3.64. The third kappa shape index (κ3) is 4.07. The number of sulfonamides is 1. The van der Waals surface area contributed by atoms with Crippen LogP contribution in [0.2, 0.25) is 5.02 Å². The number of nitrogens with two attached hydrogens (primary N) is 1. The van der Waals surface area contributed by atoms with Crippen LogP contribution in [0, 0.1) is 0 Å². The largest absolute Gasteiger partial charge is 0.402 e. The maximum absolute atomic E-state index is 12.2. The molecular formula is C10H12ClF3N2O2S. The molecule has 0 atom stereocenters. The quantitative estimate of drug-likeness (QED) is 0.924. The second-order valence-corrected chi connectivity index (χ2v) is 6.29. The number of benzene rings is 1. The molecule has 0 aromatic heterocycles. The Morgan fingerprint density at radius 1 is 1.37 bits per heavy atom. The summed E-state index contributed by atoms with van der Waals surface area (Å²) in [5.41, 5.74) is 5.87. The van der Waals surface area contributed by atoms with Crippen LogP contribution in [0.5, 0.6) is 0 Å². The minimum Gasteiger partial charge on any atom is -0.326 e. The zero-order valence-corrected chi connectivity index (χ0v) is 11.5. The Labute approximate surface area is 114 Å². The Hall–Kier alpha value is -0.830. The molecule has 0 aliphatic carbocycles. The van der Waals surface area contributed by atoms with Gasteiger partial charge in [-0.15, -0.1) is 0 Å². The van der Waals surface area contributed by atoms with E-state index in [1.807, 2.05) is 0 Å². The minimum atomic E-state index is -4.61. The zero-order valence-electron chi connectivity index (χ0n) is 9.91. The molecule has 1 aromatic carbocycles. The Morgan fingerprint density at radius 2 is 1.95 bits per heavy atom. The topological polar surface area (TPSA) is 63.4 Å². The van der Waals surface area contributed by atoms with Gasteiger partial charge < -0.3 is 5.73 Å². The lowest BCUT2D eigenvalue weighted by Crippen LogP contribution is -2.35. The molecule has 4 nitrogen and oxygen atoms in total. The molecule has 0 heterocycles. The first-order chi connectivity index (χ1) is 8.58. The fraction of sp³-hybridized carbons (Fsp3) is 0.400. The standard InChI is InChI=1S/C10H12ClF3N2O2S/c1-16(6-10(12,13)14)19(17,18)8-3-2-7(5-15)9(11)4-8/h2-4H,5-6,15H2,1H3. The van der Waals surface area contributed by atoms with E-state index in [1.54, 1.807) is 0 Å². The predicted molar refractivity (Wildman–Crippen MR) is 65.2 cm³/mol. The van der Waals surface area contributed by atoms with Gasteiger partial charge in [0.1, 0.15) is 6.54 Å². The van der Waals surface area contributed by atoms with Crippen molar-refractivity contribution in [2.45, 2.75) is 17.6 Å². The second kappa shape index (κ2) is 5.66. The van der Waals surface area contributed by atoms with Crippen LogP contribution < -0.4 is 5.73 Å². The minimum absolute atomic E-state index is 0.101. The van der Waals surface area contributed by atoms with E-state index in [1.165, 1.54) is 12.1 Å². The van der Waals surface area contributed by atoms with Crippen molar-refractivity contribution >= 4 is 21.6 Å². The second-order valence-electron chi connectivity index (χ2n) is 3.83. The van der Waals surface area contributed by atoms with Gasteiger partial charge in [0.2, 0.25) is 10.0 Å². The number of rotatable bonds is 4. The van der Waals surface area contributed by atoms with Crippen LogP contribution in [0.1, 0.15) is 5.56 Å². The van der Waals surface area contributed by atoms with Crippen LogP contribution in [-0.4, -0.2) is 32.5 Å². The molecule has 9 heteroatoms. The smallest absolute Gasteiger partial charge is 0.326 e. The highest BCUT2D eigenvalue weighted by molar-refractivity contribution is 7.89. The Morgan fingerprint density at radius 3 is 2.37 bits per heavy atom. The first kappa shape index (κ1) is 16.2. The monoisotopic (exact) mass is 316 g/mol. The number of halogens is 4. The van der Waals surface area contributed by atoms with Gasteiger partial charge in [0.15, 0.2) is 0 Å². The van der Waals surface area contributed by atoms with E-state index >= 15 is 0 Å². The summed E-state index contributed by atoms with van der Waals surface area (Å²) in [5, 5.41) is 0.101. The van der Waals surface area contributed by atoms with Gasteiger partial charge in [-0.2, -0.15) is 17.5 Å². The molecule has 0 unspecified atom stereocenters. The highest BCUT2D eigenvalue weighted by Crippen LogP contribution is 2.25. The molecule has 0 aliphatic rings. The SMILES string of the molecule is CN(CC(F)(F)F)S(=O)(=O)c1ccc(CN)c(Cl)c1. The fourth-order valence-corrected chi connectivity index (χ4v) is 2.88.